The third-order valence-corrected chi connectivity index (χ3v) is 7.94. The van der Waals surface area contributed by atoms with Gasteiger partial charge in [-0.05, 0) is 79.9 Å². The van der Waals surface area contributed by atoms with Crippen molar-refractivity contribution in [3.8, 4) is 28.5 Å². The zero-order valence-electron chi connectivity index (χ0n) is 21.5. The molecule has 0 radical (unpaired) electrons. The molecule has 4 heterocycles. The Morgan fingerprint density at radius 2 is 1.61 bits per heavy atom. The lowest BCUT2D eigenvalue weighted by Crippen LogP contribution is -2.52. The first kappa shape index (κ1) is 24.4. The predicted molar refractivity (Wildman–Crippen MR) is 149 cm³/mol. The van der Waals surface area contributed by atoms with Crippen LogP contribution in [0.25, 0.3) is 28.0 Å². The van der Waals surface area contributed by atoms with Crippen molar-refractivity contribution in [2.24, 2.45) is 0 Å². The van der Waals surface area contributed by atoms with E-state index < -0.39 is 0 Å². The fraction of sp³-hybridized carbons (Fsp3) is 0.323. The lowest BCUT2D eigenvalue weighted by Gasteiger charge is -2.39. The Morgan fingerprint density at radius 3 is 2.37 bits per heavy atom. The molecule has 0 saturated carbocycles. The molecule has 7 nitrogen and oxygen atoms in total. The number of hydrogen-bond acceptors (Lipinski definition) is 5. The maximum absolute atomic E-state index is 13.2. The average Bonchev–Trinajstić information content (AvgIpc) is 3.21. The van der Waals surface area contributed by atoms with Crippen molar-refractivity contribution in [3.63, 3.8) is 0 Å². The van der Waals surface area contributed by atoms with Gasteiger partial charge in [0.05, 0.1) is 23.5 Å². The maximum Gasteiger partial charge on any atom is 0.253 e. The number of carbonyl (C=O) groups excluding carboxylic acids is 1. The number of nitrogens with one attached hydrogen (secondary N) is 1. The van der Waals surface area contributed by atoms with E-state index in [-0.39, 0.29) is 5.91 Å². The number of amides is 1. The summed E-state index contributed by atoms with van der Waals surface area (Å²) >= 11 is 0. The van der Waals surface area contributed by atoms with E-state index in [0.717, 1.165) is 72.9 Å². The third-order valence-electron chi connectivity index (χ3n) is 7.94. The highest BCUT2D eigenvalue weighted by Gasteiger charge is 2.27. The van der Waals surface area contributed by atoms with Gasteiger partial charge in [-0.1, -0.05) is 24.3 Å². The Kier molecular flexibility index (Phi) is 6.91. The van der Waals surface area contributed by atoms with Crippen LogP contribution >= 0.6 is 0 Å². The molecule has 2 fully saturated rings. The van der Waals surface area contributed by atoms with Gasteiger partial charge < -0.3 is 10.2 Å². The Hall–Kier alpha value is -3.99. The van der Waals surface area contributed by atoms with Crippen LogP contribution in [0, 0.1) is 11.3 Å². The van der Waals surface area contributed by atoms with E-state index in [1.54, 1.807) is 0 Å². The molecule has 192 valence electrons. The highest BCUT2D eigenvalue weighted by Crippen LogP contribution is 2.26. The van der Waals surface area contributed by atoms with E-state index in [9.17, 15) is 4.79 Å². The standard InChI is InChI=1S/C31H32N6O/c32-20-23-3-5-25(6-4-23)29-21-34-30-12-11-27(22-37(29)30)24-7-9-26(10-8-24)31(38)36-18-16-35(17-19-36)28-2-1-14-33-15-13-28/h3-12,21-22,28,33H,1-2,13-19H2. The molecule has 1 amide bonds. The molecule has 7 heteroatoms. The zero-order valence-corrected chi connectivity index (χ0v) is 21.5. The lowest BCUT2D eigenvalue weighted by molar-refractivity contribution is 0.0555. The van der Waals surface area contributed by atoms with Crippen LogP contribution in [0.15, 0.2) is 73.1 Å². The minimum atomic E-state index is 0.117. The highest BCUT2D eigenvalue weighted by molar-refractivity contribution is 5.94. The van der Waals surface area contributed by atoms with E-state index in [0.29, 0.717) is 11.6 Å². The Labute approximate surface area is 223 Å². The Morgan fingerprint density at radius 1 is 0.868 bits per heavy atom. The molecular weight excluding hydrogens is 472 g/mol. The van der Waals surface area contributed by atoms with Gasteiger partial charge in [-0.15, -0.1) is 0 Å². The molecule has 1 unspecified atom stereocenters. The SMILES string of the molecule is N#Cc1ccc(-c2cnc3ccc(-c4ccc(C(=O)N5CCN(C6CCCNCC6)CC5)cc4)cn23)cc1. The van der Waals surface area contributed by atoms with Crippen LogP contribution in [0.5, 0.6) is 0 Å². The highest BCUT2D eigenvalue weighted by atomic mass is 16.2. The van der Waals surface area contributed by atoms with Crippen molar-refractivity contribution < 1.29 is 4.79 Å². The smallest absolute Gasteiger partial charge is 0.253 e. The number of nitrogens with zero attached hydrogens (tertiary/aromatic N) is 5. The number of imidazole rings is 1. The van der Waals surface area contributed by atoms with Gasteiger partial charge in [0, 0.05) is 49.5 Å². The molecule has 2 aromatic carbocycles. The van der Waals surface area contributed by atoms with Crippen molar-refractivity contribution in [2.75, 3.05) is 39.3 Å². The number of rotatable bonds is 4. The molecule has 6 rings (SSSR count). The van der Waals surface area contributed by atoms with Gasteiger partial charge >= 0.3 is 0 Å². The summed E-state index contributed by atoms with van der Waals surface area (Å²) in [5, 5.41) is 12.6. The maximum atomic E-state index is 13.2. The molecule has 2 aliphatic rings. The number of aromatic nitrogens is 2. The van der Waals surface area contributed by atoms with Gasteiger partial charge in [0.1, 0.15) is 5.65 Å². The summed E-state index contributed by atoms with van der Waals surface area (Å²) in [5.41, 5.74) is 6.31. The summed E-state index contributed by atoms with van der Waals surface area (Å²) in [6.45, 7) is 5.72. The second-order valence-electron chi connectivity index (χ2n) is 10.2. The van der Waals surface area contributed by atoms with Crippen LogP contribution in [0.1, 0.15) is 35.2 Å². The first-order chi connectivity index (χ1) is 18.7. The second kappa shape index (κ2) is 10.8. The Bertz CT molecular complexity index is 1450. The molecule has 38 heavy (non-hydrogen) atoms. The number of hydrogen-bond donors (Lipinski definition) is 1. The molecule has 4 aromatic rings. The summed E-state index contributed by atoms with van der Waals surface area (Å²) in [4.78, 5) is 22.4. The van der Waals surface area contributed by atoms with Crippen LogP contribution in [-0.4, -0.2) is 70.4 Å². The van der Waals surface area contributed by atoms with Crippen molar-refractivity contribution in [3.05, 3.63) is 84.2 Å². The normalized spacial score (nSPS) is 18.7. The van der Waals surface area contributed by atoms with Gasteiger partial charge in [-0.2, -0.15) is 5.26 Å². The molecule has 0 bridgehead atoms. The lowest BCUT2D eigenvalue weighted by atomic mass is 10.0. The largest absolute Gasteiger partial charge is 0.336 e. The molecular formula is C31H32N6O. The molecule has 2 aromatic heterocycles. The fourth-order valence-corrected chi connectivity index (χ4v) is 5.72. The summed E-state index contributed by atoms with van der Waals surface area (Å²) in [7, 11) is 0. The summed E-state index contributed by atoms with van der Waals surface area (Å²) < 4.78 is 2.07. The number of carbonyl (C=O) groups is 1. The van der Waals surface area contributed by atoms with Crippen molar-refractivity contribution in [2.45, 2.75) is 25.3 Å². The van der Waals surface area contributed by atoms with Gasteiger partial charge in [0.15, 0.2) is 0 Å². The van der Waals surface area contributed by atoms with Crippen LogP contribution in [0.4, 0.5) is 0 Å². The second-order valence-corrected chi connectivity index (χ2v) is 10.2. The molecule has 0 spiro atoms. The number of nitriles is 1. The number of fused-ring (bicyclic) bond motifs is 1. The van der Waals surface area contributed by atoms with E-state index in [4.69, 9.17) is 5.26 Å². The summed E-state index contributed by atoms with van der Waals surface area (Å²) in [5.74, 6) is 0.117. The zero-order chi connectivity index (χ0) is 25.9. The van der Waals surface area contributed by atoms with Crippen LogP contribution < -0.4 is 5.32 Å². The van der Waals surface area contributed by atoms with Gasteiger partial charge in [-0.25, -0.2) is 4.98 Å². The number of piperazine rings is 1. The predicted octanol–water partition coefficient (Wildman–Crippen LogP) is 4.44. The average molecular weight is 505 g/mol. The summed E-state index contributed by atoms with van der Waals surface area (Å²) in [6.07, 6.45) is 7.63. The minimum absolute atomic E-state index is 0.117. The molecule has 1 atom stereocenters. The number of pyridine rings is 1. The first-order valence-corrected chi connectivity index (χ1v) is 13.5. The molecule has 1 N–H and O–H groups in total. The summed E-state index contributed by atoms with van der Waals surface area (Å²) in [6, 6.07) is 22.4. The van der Waals surface area contributed by atoms with Crippen molar-refractivity contribution >= 4 is 11.6 Å². The fourth-order valence-electron chi connectivity index (χ4n) is 5.72. The van der Waals surface area contributed by atoms with Crippen LogP contribution in [0.2, 0.25) is 0 Å². The van der Waals surface area contributed by atoms with E-state index >= 15 is 0 Å². The van der Waals surface area contributed by atoms with Gasteiger partial charge in [0.2, 0.25) is 0 Å². The first-order valence-electron chi connectivity index (χ1n) is 13.5. The van der Waals surface area contributed by atoms with Crippen LogP contribution in [-0.2, 0) is 0 Å². The molecule has 2 saturated heterocycles. The molecule has 2 aliphatic heterocycles. The molecule has 0 aliphatic carbocycles. The number of benzene rings is 2. The quantitative estimate of drug-likeness (QED) is 0.445. The van der Waals surface area contributed by atoms with Crippen molar-refractivity contribution in [1.29, 1.82) is 5.26 Å². The monoisotopic (exact) mass is 504 g/mol. The van der Waals surface area contributed by atoms with Crippen LogP contribution in [0.3, 0.4) is 0 Å². The minimum Gasteiger partial charge on any atom is -0.336 e. The van der Waals surface area contributed by atoms with E-state index in [1.165, 1.54) is 19.3 Å². The van der Waals surface area contributed by atoms with Gasteiger partial charge in [0.25, 0.3) is 5.91 Å². The third kappa shape index (κ3) is 4.93. The van der Waals surface area contributed by atoms with E-state index in [1.807, 2.05) is 65.7 Å². The van der Waals surface area contributed by atoms with Gasteiger partial charge in [-0.3, -0.25) is 14.1 Å². The topological polar surface area (TPSA) is 76.7 Å². The Balaban J connectivity index is 1.15. The van der Waals surface area contributed by atoms with E-state index in [2.05, 4.69) is 37.9 Å². The van der Waals surface area contributed by atoms with Crippen molar-refractivity contribution in [1.82, 2.24) is 24.5 Å².